The molecule has 0 radical (unpaired) electrons. The minimum atomic E-state index is -0.245. The van der Waals surface area contributed by atoms with E-state index >= 15 is 0 Å². The van der Waals surface area contributed by atoms with Crippen molar-refractivity contribution in [2.45, 2.75) is 0 Å². The summed E-state index contributed by atoms with van der Waals surface area (Å²) in [5, 5.41) is 3.26. The number of benzene rings is 2. The van der Waals surface area contributed by atoms with E-state index in [9.17, 15) is 4.79 Å². The molecule has 0 spiro atoms. The summed E-state index contributed by atoms with van der Waals surface area (Å²) in [6.45, 7) is 0. The molecule has 98 valence electrons. The summed E-state index contributed by atoms with van der Waals surface area (Å²) in [4.78, 5) is 11.1. The average molecular weight is 296 g/mol. The Hall–Kier alpha value is -1.71. The van der Waals surface area contributed by atoms with E-state index in [1.54, 1.807) is 36.4 Å². The highest BCUT2D eigenvalue weighted by Crippen LogP contribution is 2.25. The van der Waals surface area contributed by atoms with E-state index in [4.69, 9.17) is 27.9 Å². The predicted molar refractivity (Wildman–Crippen MR) is 77.3 cm³/mol. The number of amides is 1. The van der Waals surface area contributed by atoms with Gasteiger partial charge in [-0.05, 0) is 42.5 Å². The van der Waals surface area contributed by atoms with Gasteiger partial charge in [-0.1, -0.05) is 17.7 Å². The Labute approximate surface area is 121 Å². The maximum Gasteiger partial charge on any atom is 0.239 e. The highest BCUT2D eigenvalue weighted by atomic mass is 35.5. The van der Waals surface area contributed by atoms with E-state index in [-0.39, 0.29) is 11.8 Å². The molecule has 0 heterocycles. The van der Waals surface area contributed by atoms with Crippen LogP contribution in [0.4, 0.5) is 5.69 Å². The van der Waals surface area contributed by atoms with Crippen molar-refractivity contribution in [2.24, 2.45) is 0 Å². The highest BCUT2D eigenvalue weighted by molar-refractivity contribution is 6.30. The van der Waals surface area contributed by atoms with E-state index in [0.717, 1.165) is 0 Å². The molecule has 2 aromatic rings. The van der Waals surface area contributed by atoms with E-state index in [1.807, 2.05) is 12.1 Å². The second-order valence-corrected chi connectivity index (χ2v) is 4.47. The van der Waals surface area contributed by atoms with Crippen LogP contribution in [-0.4, -0.2) is 11.8 Å². The molecule has 0 fully saturated rings. The normalized spacial score (nSPS) is 10.0. The van der Waals surface area contributed by atoms with Gasteiger partial charge in [-0.25, -0.2) is 0 Å². The van der Waals surface area contributed by atoms with Crippen LogP contribution < -0.4 is 10.1 Å². The largest absolute Gasteiger partial charge is 0.457 e. The fourth-order valence-electron chi connectivity index (χ4n) is 1.47. The number of rotatable bonds is 4. The standard InChI is InChI=1S/C14H11Cl2NO2/c15-9-14(18)17-11-4-6-12(7-5-11)19-13-3-1-2-10(16)8-13/h1-8H,9H2,(H,17,18). The Morgan fingerprint density at radius 2 is 1.84 bits per heavy atom. The molecular formula is C14H11Cl2NO2. The van der Waals surface area contributed by atoms with Crippen molar-refractivity contribution in [3.8, 4) is 11.5 Å². The van der Waals surface area contributed by atoms with Crippen molar-refractivity contribution >= 4 is 34.8 Å². The number of nitrogens with one attached hydrogen (secondary N) is 1. The first-order chi connectivity index (χ1) is 9.17. The Bertz CT molecular complexity index is 570. The zero-order valence-electron chi connectivity index (χ0n) is 9.90. The summed E-state index contributed by atoms with van der Waals surface area (Å²) < 4.78 is 5.62. The molecule has 1 N–H and O–H groups in total. The van der Waals surface area contributed by atoms with Gasteiger partial charge in [-0.3, -0.25) is 4.79 Å². The molecule has 0 aliphatic carbocycles. The number of anilines is 1. The molecule has 0 unspecified atom stereocenters. The molecule has 0 aliphatic heterocycles. The third-order valence-corrected chi connectivity index (χ3v) is 2.77. The molecule has 19 heavy (non-hydrogen) atoms. The van der Waals surface area contributed by atoms with Gasteiger partial charge in [-0.2, -0.15) is 0 Å². The second kappa shape index (κ2) is 6.45. The number of carbonyl (C=O) groups is 1. The summed E-state index contributed by atoms with van der Waals surface area (Å²) in [5.41, 5.74) is 0.670. The Kier molecular flexibility index (Phi) is 4.66. The van der Waals surface area contributed by atoms with Crippen LogP contribution in [0.15, 0.2) is 48.5 Å². The Morgan fingerprint density at radius 1 is 1.11 bits per heavy atom. The van der Waals surface area contributed by atoms with Crippen molar-refractivity contribution in [3.63, 3.8) is 0 Å². The molecule has 0 saturated carbocycles. The monoisotopic (exact) mass is 295 g/mol. The van der Waals surface area contributed by atoms with Crippen molar-refractivity contribution < 1.29 is 9.53 Å². The van der Waals surface area contributed by atoms with Gasteiger partial charge in [0.1, 0.15) is 17.4 Å². The molecule has 1 amide bonds. The van der Waals surface area contributed by atoms with Gasteiger partial charge >= 0.3 is 0 Å². The number of carbonyl (C=O) groups excluding carboxylic acids is 1. The quantitative estimate of drug-likeness (QED) is 0.854. The van der Waals surface area contributed by atoms with E-state index in [2.05, 4.69) is 5.32 Å². The zero-order chi connectivity index (χ0) is 13.7. The maximum atomic E-state index is 11.1. The third-order valence-electron chi connectivity index (χ3n) is 2.29. The van der Waals surface area contributed by atoms with Gasteiger partial charge in [0, 0.05) is 10.7 Å². The smallest absolute Gasteiger partial charge is 0.239 e. The van der Waals surface area contributed by atoms with E-state index in [0.29, 0.717) is 22.2 Å². The summed E-state index contributed by atoms with van der Waals surface area (Å²) in [5.74, 6) is 1.00. The lowest BCUT2D eigenvalue weighted by Crippen LogP contribution is -2.12. The minimum Gasteiger partial charge on any atom is -0.457 e. The Balaban J connectivity index is 2.04. The van der Waals surface area contributed by atoms with Crippen LogP contribution in [-0.2, 0) is 4.79 Å². The molecule has 0 atom stereocenters. The van der Waals surface area contributed by atoms with E-state index < -0.39 is 0 Å². The van der Waals surface area contributed by atoms with Crippen molar-refractivity contribution in [3.05, 3.63) is 53.6 Å². The number of hydrogen-bond donors (Lipinski definition) is 1. The predicted octanol–water partition coefficient (Wildman–Crippen LogP) is 4.31. The molecule has 5 heteroatoms. The molecule has 3 nitrogen and oxygen atoms in total. The fraction of sp³-hybridized carbons (Fsp3) is 0.0714. The number of ether oxygens (including phenoxy) is 1. The molecule has 0 bridgehead atoms. The SMILES string of the molecule is O=C(CCl)Nc1ccc(Oc2cccc(Cl)c2)cc1. The number of hydrogen-bond acceptors (Lipinski definition) is 2. The molecular weight excluding hydrogens is 285 g/mol. The van der Waals surface area contributed by atoms with Crippen molar-refractivity contribution in [1.29, 1.82) is 0 Å². The van der Waals surface area contributed by atoms with Crippen LogP contribution in [0.25, 0.3) is 0 Å². The van der Waals surface area contributed by atoms with Gasteiger partial charge in [0.15, 0.2) is 0 Å². The molecule has 2 rings (SSSR count). The summed E-state index contributed by atoms with van der Waals surface area (Å²) >= 11 is 11.3. The topological polar surface area (TPSA) is 38.3 Å². The van der Waals surface area contributed by atoms with Crippen LogP contribution >= 0.6 is 23.2 Å². The second-order valence-electron chi connectivity index (χ2n) is 3.77. The van der Waals surface area contributed by atoms with Crippen molar-refractivity contribution in [1.82, 2.24) is 0 Å². The van der Waals surface area contributed by atoms with E-state index in [1.165, 1.54) is 0 Å². The summed E-state index contributed by atoms with van der Waals surface area (Å²) in [7, 11) is 0. The first-order valence-corrected chi connectivity index (χ1v) is 6.48. The lowest BCUT2D eigenvalue weighted by molar-refractivity contribution is -0.113. The third kappa shape index (κ3) is 4.16. The van der Waals surface area contributed by atoms with Gasteiger partial charge in [-0.15, -0.1) is 11.6 Å². The Morgan fingerprint density at radius 3 is 2.47 bits per heavy atom. The molecule has 0 aliphatic rings. The average Bonchev–Trinajstić information content (AvgIpc) is 2.41. The number of halogens is 2. The molecule has 0 aromatic heterocycles. The van der Waals surface area contributed by atoms with Crippen LogP contribution in [0.3, 0.4) is 0 Å². The highest BCUT2D eigenvalue weighted by Gasteiger charge is 2.01. The molecule has 0 saturated heterocycles. The van der Waals surface area contributed by atoms with Crippen LogP contribution in [0.5, 0.6) is 11.5 Å². The van der Waals surface area contributed by atoms with Gasteiger partial charge in [0.25, 0.3) is 0 Å². The van der Waals surface area contributed by atoms with Crippen LogP contribution in [0.1, 0.15) is 0 Å². The zero-order valence-corrected chi connectivity index (χ0v) is 11.4. The van der Waals surface area contributed by atoms with Gasteiger partial charge in [0.2, 0.25) is 5.91 Å². The first-order valence-electron chi connectivity index (χ1n) is 5.56. The number of alkyl halides is 1. The first kappa shape index (κ1) is 13.7. The van der Waals surface area contributed by atoms with Crippen LogP contribution in [0.2, 0.25) is 5.02 Å². The van der Waals surface area contributed by atoms with Crippen molar-refractivity contribution in [2.75, 3.05) is 11.2 Å². The fourth-order valence-corrected chi connectivity index (χ4v) is 1.71. The lowest BCUT2D eigenvalue weighted by atomic mass is 10.3. The summed E-state index contributed by atoms with van der Waals surface area (Å²) in [6.07, 6.45) is 0. The minimum absolute atomic E-state index is 0.0687. The molecule has 2 aromatic carbocycles. The lowest BCUT2D eigenvalue weighted by Gasteiger charge is -2.07. The van der Waals surface area contributed by atoms with Gasteiger partial charge in [0.05, 0.1) is 0 Å². The van der Waals surface area contributed by atoms with Gasteiger partial charge < -0.3 is 10.1 Å². The maximum absolute atomic E-state index is 11.1. The van der Waals surface area contributed by atoms with Crippen LogP contribution in [0, 0.1) is 0 Å². The summed E-state index contributed by atoms with van der Waals surface area (Å²) in [6, 6.07) is 14.1.